The van der Waals surface area contributed by atoms with Crippen LogP contribution in [0.4, 0.5) is 29.3 Å². The summed E-state index contributed by atoms with van der Waals surface area (Å²) in [5.74, 6) is -0.353. The van der Waals surface area contributed by atoms with E-state index in [4.69, 9.17) is 20.3 Å². The molecule has 0 bridgehead atoms. The number of alkyl halides is 3. The molecule has 4 N–H and O–H groups in total. The Morgan fingerprint density at radius 3 is 2.41 bits per heavy atom. The molecule has 0 spiro atoms. The molecule has 9 nitrogen and oxygen atoms in total. The highest BCUT2D eigenvalue weighted by atomic mass is 19.4. The smallest absolute Gasteiger partial charge is 0.399 e. The first-order valence-electron chi connectivity index (χ1n) is 11.6. The first-order chi connectivity index (χ1) is 17.7. The zero-order valence-electron chi connectivity index (χ0n) is 19.8. The molecule has 4 rings (SSSR count). The lowest BCUT2D eigenvalue weighted by molar-refractivity contribution is -0.137. The number of nitrogens with two attached hydrogens (primary N) is 1. The van der Waals surface area contributed by atoms with Gasteiger partial charge in [0, 0.05) is 12.2 Å². The Kier molecular flexibility index (Phi) is 8.00. The number of nitrogens with one attached hydrogen (secondary N) is 1. The van der Waals surface area contributed by atoms with Gasteiger partial charge in [-0.15, -0.1) is 0 Å². The molecule has 2 aromatic carbocycles. The summed E-state index contributed by atoms with van der Waals surface area (Å²) in [6.45, 7) is 1.06. The summed E-state index contributed by atoms with van der Waals surface area (Å²) in [4.78, 5) is 29.3. The number of nitrogen functional groups attached to an aromatic ring is 1. The van der Waals surface area contributed by atoms with Crippen molar-refractivity contribution in [1.82, 2.24) is 10.2 Å². The molecule has 2 aliphatic rings. The van der Waals surface area contributed by atoms with Gasteiger partial charge >= 0.3 is 12.2 Å². The summed E-state index contributed by atoms with van der Waals surface area (Å²) in [5.41, 5.74) is 6.58. The van der Waals surface area contributed by atoms with Crippen LogP contribution in [0.5, 0.6) is 0 Å². The molecule has 1 unspecified atom stereocenters. The lowest BCUT2D eigenvalue weighted by Crippen LogP contribution is -2.47. The zero-order valence-corrected chi connectivity index (χ0v) is 19.8. The number of anilines is 2. The van der Waals surface area contributed by atoms with Crippen molar-refractivity contribution in [3.8, 4) is 0 Å². The number of halogens is 3. The number of rotatable bonds is 10. The van der Waals surface area contributed by atoms with Crippen LogP contribution < -0.4 is 16.0 Å². The van der Waals surface area contributed by atoms with Gasteiger partial charge in [-0.05, 0) is 35.9 Å². The molecule has 37 heavy (non-hydrogen) atoms. The van der Waals surface area contributed by atoms with Gasteiger partial charge < -0.3 is 30.5 Å². The summed E-state index contributed by atoms with van der Waals surface area (Å²) >= 11 is 0. The second kappa shape index (κ2) is 11.2. The van der Waals surface area contributed by atoms with Crippen LogP contribution in [0.25, 0.3) is 0 Å². The third-order valence-electron chi connectivity index (χ3n) is 6.01. The summed E-state index contributed by atoms with van der Waals surface area (Å²) < 4.78 is 50.7. The van der Waals surface area contributed by atoms with Gasteiger partial charge in [0.15, 0.2) is 0 Å². The zero-order chi connectivity index (χ0) is 26.6. The number of hydrogen-bond donors (Lipinski definition) is 3. The molecular formula is C25H27F3N4O5. The van der Waals surface area contributed by atoms with E-state index in [1.165, 1.54) is 17.0 Å². The normalized spacial score (nSPS) is 17.9. The number of ether oxygens (including phenoxy) is 2. The van der Waals surface area contributed by atoms with E-state index in [2.05, 4.69) is 5.32 Å². The first-order valence-corrected chi connectivity index (χ1v) is 11.6. The average Bonchev–Trinajstić information content (AvgIpc) is 3.18. The van der Waals surface area contributed by atoms with Crippen LogP contribution in [0.1, 0.15) is 17.2 Å². The Hall–Kier alpha value is -3.61. The number of aliphatic hydroxyl groups is 1. The van der Waals surface area contributed by atoms with E-state index >= 15 is 0 Å². The van der Waals surface area contributed by atoms with E-state index in [1.807, 2.05) is 0 Å². The molecule has 0 fully saturated rings. The largest absolute Gasteiger partial charge is 0.416 e. The number of carbonyl (C=O) groups is 2. The third kappa shape index (κ3) is 5.87. The Labute approximate surface area is 211 Å². The quantitative estimate of drug-likeness (QED) is 0.328. The van der Waals surface area contributed by atoms with Crippen LogP contribution in [0.3, 0.4) is 0 Å². The van der Waals surface area contributed by atoms with Gasteiger partial charge in [-0.3, -0.25) is 9.69 Å². The highest BCUT2D eigenvalue weighted by Crippen LogP contribution is 2.40. The standard InChI is InChI=1S/C25H27F3N4O5/c26-25(27,28)17-2-1-3-19(14-17)32-20-15-31(8-10-36-12-13-37-11-9-33)23(34)21(20)22(30-24(32)35)16-4-6-18(29)7-5-16/h1-7,14,22,33H,8-13,15,29H2,(H,30,35). The Morgan fingerprint density at radius 1 is 1.03 bits per heavy atom. The third-order valence-corrected chi connectivity index (χ3v) is 6.01. The van der Waals surface area contributed by atoms with Gasteiger partial charge in [0.1, 0.15) is 0 Å². The van der Waals surface area contributed by atoms with Crippen LogP contribution in [0.2, 0.25) is 0 Å². The topological polar surface area (TPSA) is 117 Å². The summed E-state index contributed by atoms with van der Waals surface area (Å²) in [5, 5.41) is 11.5. The van der Waals surface area contributed by atoms with Gasteiger partial charge in [-0.25, -0.2) is 4.79 Å². The lowest BCUT2D eigenvalue weighted by atomic mass is 9.95. The van der Waals surface area contributed by atoms with Crippen LogP contribution in [0, 0.1) is 0 Å². The first kappa shape index (κ1) is 26.5. The van der Waals surface area contributed by atoms with E-state index in [1.54, 1.807) is 24.3 Å². The van der Waals surface area contributed by atoms with E-state index in [-0.39, 0.29) is 63.3 Å². The molecule has 12 heteroatoms. The number of amides is 3. The van der Waals surface area contributed by atoms with E-state index in [0.29, 0.717) is 16.9 Å². The number of benzene rings is 2. The molecule has 2 heterocycles. The number of aliphatic hydroxyl groups excluding tert-OH is 1. The monoisotopic (exact) mass is 520 g/mol. The SMILES string of the molecule is Nc1ccc(C2NC(=O)N(c3cccc(C(F)(F)F)c3)C3=C2C(=O)N(CCOCCOCCO)C3)cc1. The van der Waals surface area contributed by atoms with Crippen molar-refractivity contribution >= 4 is 23.3 Å². The average molecular weight is 521 g/mol. The molecule has 1 atom stereocenters. The van der Waals surface area contributed by atoms with Crippen LogP contribution in [0.15, 0.2) is 59.8 Å². The Morgan fingerprint density at radius 2 is 1.73 bits per heavy atom. The molecule has 2 aromatic rings. The molecule has 0 aliphatic carbocycles. The molecule has 0 saturated heterocycles. The number of urea groups is 1. The van der Waals surface area contributed by atoms with Crippen LogP contribution in [-0.4, -0.2) is 68.1 Å². The second-order valence-electron chi connectivity index (χ2n) is 8.47. The van der Waals surface area contributed by atoms with Crippen molar-refractivity contribution in [3.63, 3.8) is 0 Å². The maximum atomic E-state index is 13.5. The van der Waals surface area contributed by atoms with Gasteiger partial charge in [0.2, 0.25) is 0 Å². The van der Waals surface area contributed by atoms with Crippen LogP contribution >= 0.6 is 0 Å². The number of nitrogens with zero attached hydrogens (tertiary/aromatic N) is 2. The maximum Gasteiger partial charge on any atom is 0.416 e. The Balaban J connectivity index is 1.61. The van der Waals surface area contributed by atoms with E-state index < -0.39 is 23.8 Å². The van der Waals surface area contributed by atoms with Gasteiger partial charge in [0.05, 0.1) is 68.1 Å². The molecule has 0 radical (unpaired) electrons. The summed E-state index contributed by atoms with van der Waals surface area (Å²) in [7, 11) is 0. The molecule has 198 valence electrons. The van der Waals surface area contributed by atoms with Crippen molar-refractivity contribution in [2.24, 2.45) is 0 Å². The van der Waals surface area contributed by atoms with Gasteiger partial charge in [-0.1, -0.05) is 18.2 Å². The molecule has 3 amide bonds. The summed E-state index contributed by atoms with van der Waals surface area (Å²) in [6.07, 6.45) is -4.60. The second-order valence-corrected chi connectivity index (χ2v) is 8.47. The fourth-order valence-corrected chi connectivity index (χ4v) is 4.27. The number of carbonyl (C=O) groups excluding carboxylic acids is 2. The van der Waals surface area contributed by atoms with Crippen molar-refractivity contribution in [2.45, 2.75) is 12.2 Å². The molecule has 2 aliphatic heterocycles. The predicted octanol–water partition coefficient (Wildman–Crippen LogP) is 2.68. The number of hydrogen-bond acceptors (Lipinski definition) is 6. The molecule has 0 aromatic heterocycles. The van der Waals surface area contributed by atoms with Crippen molar-refractivity contribution in [3.05, 3.63) is 70.9 Å². The fourth-order valence-electron chi connectivity index (χ4n) is 4.27. The minimum Gasteiger partial charge on any atom is -0.399 e. The maximum absolute atomic E-state index is 13.5. The van der Waals surface area contributed by atoms with Crippen molar-refractivity contribution in [2.75, 3.05) is 56.8 Å². The van der Waals surface area contributed by atoms with Crippen molar-refractivity contribution < 1.29 is 37.3 Å². The highest BCUT2D eigenvalue weighted by molar-refractivity contribution is 6.07. The minimum atomic E-state index is -4.60. The molecular weight excluding hydrogens is 493 g/mol. The van der Waals surface area contributed by atoms with E-state index in [0.717, 1.165) is 17.0 Å². The molecule has 0 saturated carbocycles. The van der Waals surface area contributed by atoms with E-state index in [9.17, 15) is 22.8 Å². The fraction of sp³-hybridized carbons (Fsp3) is 0.360. The van der Waals surface area contributed by atoms with Crippen LogP contribution in [-0.2, 0) is 20.4 Å². The summed E-state index contributed by atoms with van der Waals surface area (Å²) in [6, 6.07) is 9.65. The van der Waals surface area contributed by atoms with Gasteiger partial charge in [0.25, 0.3) is 5.91 Å². The minimum absolute atomic E-state index is 0.00233. The highest BCUT2D eigenvalue weighted by Gasteiger charge is 2.45. The Bertz CT molecular complexity index is 1170. The van der Waals surface area contributed by atoms with Gasteiger partial charge in [-0.2, -0.15) is 13.2 Å². The predicted molar refractivity (Wildman–Crippen MR) is 128 cm³/mol. The van der Waals surface area contributed by atoms with Crippen molar-refractivity contribution in [1.29, 1.82) is 0 Å². The lowest BCUT2D eigenvalue weighted by Gasteiger charge is -2.34.